The summed E-state index contributed by atoms with van der Waals surface area (Å²) in [6.07, 6.45) is 3.69. The topological polar surface area (TPSA) is 37.0 Å². The molecule has 0 spiro atoms. The van der Waals surface area contributed by atoms with Crippen LogP contribution in [0.2, 0.25) is 0 Å². The molecule has 1 aliphatic heterocycles. The minimum atomic E-state index is 0.167. The first-order valence-electron chi connectivity index (χ1n) is 7.49. The smallest absolute Gasteiger partial charge is 0.0768 e. The predicted molar refractivity (Wildman–Crippen MR) is 89.8 cm³/mol. The van der Waals surface area contributed by atoms with E-state index in [0.29, 0.717) is 0 Å². The molecule has 2 atom stereocenters. The van der Waals surface area contributed by atoms with E-state index in [9.17, 15) is 0 Å². The fourth-order valence-electron chi connectivity index (χ4n) is 3.01. The van der Waals surface area contributed by atoms with Gasteiger partial charge in [0, 0.05) is 6.20 Å². The third-order valence-electron chi connectivity index (χ3n) is 4.09. The molecule has 3 nitrogen and oxygen atoms in total. The molecule has 0 amide bonds. The van der Waals surface area contributed by atoms with E-state index in [1.54, 1.807) is 0 Å². The Labute approximate surface area is 130 Å². The normalized spacial score (nSPS) is 19.6. The number of hydrogen-bond donors (Lipinski definition) is 2. The van der Waals surface area contributed by atoms with Crippen LogP contribution in [-0.2, 0) is 0 Å². The van der Waals surface area contributed by atoms with Gasteiger partial charge in [0.25, 0.3) is 0 Å². The summed E-state index contributed by atoms with van der Waals surface area (Å²) in [5.74, 6) is 0. The van der Waals surface area contributed by atoms with Crippen molar-refractivity contribution in [2.75, 3.05) is 10.6 Å². The molecule has 2 heterocycles. The van der Waals surface area contributed by atoms with Crippen LogP contribution in [0.1, 0.15) is 23.2 Å². The van der Waals surface area contributed by atoms with Crippen LogP contribution in [0.25, 0.3) is 0 Å². The number of nitrogens with one attached hydrogen (secondary N) is 2. The van der Waals surface area contributed by atoms with Gasteiger partial charge in [-0.25, -0.2) is 0 Å². The number of hydrogen-bond acceptors (Lipinski definition) is 3. The Hall–Kier alpha value is -2.81. The fraction of sp³-hybridized carbons (Fsp3) is 0.105. The molecular formula is C19H17N3. The maximum Gasteiger partial charge on any atom is 0.0768 e. The Morgan fingerprint density at radius 3 is 1.77 bits per heavy atom. The second-order valence-electron chi connectivity index (χ2n) is 5.49. The van der Waals surface area contributed by atoms with Crippen molar-refractivity contribution in [2.45, 2.75) is 12.1 Å². The van der Waals surface area contributed by atoms with Crippen LogP contribution < -0.4 is 10.6 Å². The highest BCUT2D eigenvalue weighted by Crippen LogP contribution is 2.41. The largest absolute Gasteiger partial charge is 0.374 e. The van der Waals surface area contributed by atoms with Gasteiger partial charge in [-0.2, -0.15) is 0 Å². The van der Waals surface area contributed by atoms with Gasteiger partial charge in [-0.1, -0.05) is 60.7 Å². The molecule has 1 aromatic heterocycles. The fourth-order valence-corrected chi connectivity index (χ4v) is 3.01. The van der Waals surface area contributed by atoms with E-state index in [2.05, 4.69) is 70.2 Å². The first-order chi connectivity index (χ1) is 10.9. The minimum absolute atomic E-state index is 0.167. The predicted octanol–water partition coefficient (Wildman–Crippen LogP) is 4.40. The number of aromatic nitrogens is 1. The molecule has 3 heteroatoms. The van der Waals surface area contributed by atoms with Gasteiger partial charge in [-0.15, -0.1) is 0 Å². The first-order valence-corrected chi connectivity index (χ1v) is 7.49. The lowest BCUT2D eigenvalue weighted by Gasteiger charge is -2.36. The molecule has 0 radical (unpaired) electrons. The second-order valence-corrected chi connectivity index (χ2v) is 5.49. The molecular weight excluding hydrogens is 270 g/mol. The van der Waals surface area contributed by atoms with Crippen molar-refractivity contribution in [3.63, 3.8) is 0 Å². The summed E-state index contributed by atoms with van der Waals surface area (Å²) in [5, 5.41) is 7.30. The van der Waals surface area contributed by atoms with Crippen molar-refractivity contribution < 1.29 is 0 Å². The average molecular weight is 287 g/mol. The van der Waals surface area contributed by atoms with Crippen LogP contribution in [0, 0.1) is 0 Å². The molecule has 0 fully saturated rings. The van der Waals surface area contributed by atoms with E-state index in [1.807, 2.05) is 24.5 Å². The molecule has 0 saturated carbocycles. The van der Waals surface area contributed by atoms with Crippen LogP contribution in [0.15, 0.2) is 79.1 Å². The highest BCUT2D eigenvalue weighted by molar-refractivity contribution is 5.71. The Morgan fingerprint density at radius 2 is 1.18 bits per heavy atom. The first kappa shape index (κ1) is 12.9. The molecule has 0 saturated heterocycles. The third kappa shape index (κ3) is 2.31. The van der Waals surface area contributed by atoms with Crippen molar-refractivity contribution in [2.24, 2.45) is 0 Å². The highest BCUT2D eigenvalue weighted by atomic mass is 15.1. The van der Waals surface area contributed by atoms with E-state index < -0.39 is 0 Å². The van der Waals surface area contributed by atoms with Crippen LogP contribution in [0.3, 0.4) is 0 Å². The minimum Gasteiger partial charge on any atom is -0.374 e. The molecule has 3 aromatic rings. The van der Waals surface area contributed by atoms with Crippen molar-refractivity contribution in [3.8, 4) is 0 Å². The quantitative estimate of drug-likeness (QED) is 0.733. The molecule has 2 aromatic carbocycles. The number of pyridine rings is 1. The Bertz CT molecular complexity index is 689. The van der Waals surface area contributed by atoms with Crippen LogP contribution in [0.4, 0.5) is 11.4 Å². The lowest BCUT2D eigenvalue weighted by atomic mass is 9.91. The van der Waals surface area contributed by atoms with E-state index in [0.717, 1.165) is 11.4 Å². The van der Waals surface area contributed by atoms with Gasteiger partial charge >= 0.3 is 0 Å². The number of rotatable bonds is 2. The van der Waals surface area contributed by atoms with Crippen molar-refractivity contribution in [3.05, 3.63) is 90.3 Å². The average Bonchev–Trinajstić information content (AvgIpc) is 2.62. The Morgan fingerprint density at radius 1 is 0.636 bits per heavy atom. The van der Waals surface area contributed by atoms with Gasteiger partial charge in [0.15, 0.2) is 0 Å². The van der Waals surface area contributed by atoms with E-state index >= 15 is 0 Å². The van der Waals surface area contributed by atoms with Gasteiger partial charge in [0.1, 0.15) is 0 Å². The van der Waals surface area contributed by atoms with Gasteiger partial charge in [-0.3, -0.25) is 4.98 Å². The second kappa shape index (κ2) is 5.53. The van der Waals surface area contributed by atoms with E-state index in [1.165, 1.54) is 11.1 Å². The zero-order valence-corrected chi connectivity index (χ0v) is 12.1. The molecule has 1 aliphatic rings. The summed E-state index contributed by atoms with van der Waals surface area (Å²) in [6.45, 7) is 0. The number of benzene rings is 2. The monoisotopic (exact) mass is 287 g/mol. The van der Waals surface area contributed by atoms with Crippen LogP contribution in [-0.4, -0.2) is 4.98 Å². The summed E-state index contributed by atoms with van der Waals surface area (Å²) < 4.78 is 0. The van der Waals surface area contributed by atoms with Crippen LogP contribution >= 0.6 is 0 Å². The van der Waals surface area contributed by atoms with Crippen molar-refractivity contribution in [1.29, 1.82) is 0 Å². The summed E-state index contributed by atoms with van der Waals surface area (Å²) in [4.78, 5) is 4.22. The Balaban J connectivity index is 1.79. The molecule has 22 heavy (non-hydrogen) atoms. The zero-order valence-electron chi connectivity index (χ0n) is 12.1. The van der Waals surface area contributed by atoms with Gasteiger partial charge in [0.2, 0.25) is 0 Å². The number of nitrogens with zero attached hydrogens (tertiary/aromatic N) is 1. The summed E-state index contributed by atoms with van der Waals surface area (Å²) in [5.41, 5.74) is 4.67. The summed E-state index contributed by atoms with van der Waals surface area (Å²) >= 11 is 0. The van der Waals surface area contributed by atoms with Gasteiger partial charge < -0.3 is 10.6 Å². The zero-order chi connectivity index (χ0) is 14.8. The highest BCUT2D eigenvalue weighted by Gasteiger charge is 2.29. The molecule has 4 rings (SSSR count). The third-order valence-corrected chi connectivity index (χ3v) is 4.09. The van der Waals surface area contributed by atoms with E-state index in [4.69, 9.17) is 0 Å². The lowest BCUT2D eigenvalue weighted by molar-refractivity contribution is 0.635. The molecule has 0 bridgehead atoms. The molecule has 2 unspecified atom stereocenters. The Kier molecular flexibility index (Phi) is 3.24. The maximum absolute atomic E-state index is 4.22. The van der Waals surface area contributed by atoms with Gasteiger partial charge in [0.05, 0.1) is 29.7 Å². The molecule has 0 aliphatic carbocycles. The SMILES string of the molecule is c1ccc(C2Nc3ccncc3NC2c2ccccc2)cc1. The maximum atomic E-state index is 4.22. The number of fused-ring (bicyclic) bond motifs is 1. The van der Waals surface area contributed by atoms with E-state index in [-0.39, 0.29) is 12.1 Å². The lowest BCUT2D eigenvalue weighted by Crippen LogP contribution is -2.30. The van der Waals surface area contributed by atoms with Crippen LogP contribution in [0.5, 0.6) is 0 Å². The van der Waals surface area contributed by atoms with Crippen molar-refractivity contribution >= 4 is 11.4 Å². The van der Waals surface area contributed by atoms with Gasteiger partial charge in [-0.05, 0) is 17.2 Å². The summed E-state index contributed by atoms with van der Waals surface area (Å²) in [6, 6.07) is 23.5. The standard InChI is InChI=1S/C19H17N3/c1-3-7-14(8-4-1)18-19(15-9-5-2-6-10-15)22-17-13-20-12-11-16(17)21-18/h1-13,18-19,21-22H. The molecule has 108 valence electrons. The number of anilines is 2. The summed E-state index contributed by atoms with van der Waals surface area (Å²) in [7, 11) is 0. The molecule has 2 N–H and O–H groups in total. The van der Waals surface area contributed by atoms with Crippen molar-refractivity contribution in [1.82, 2.24) is 4.98 Å².